The van der Waals surface area contributed by atoms with Crippen molar-refractivity contribution in [3.05, 3.63) is 17.9 Å². The van der Waals surface area contributed by atoms with Gasteiger partial charge < -0.3 is 14.3 Å². The fourth-order valence-electron chi connectivity index (χ4n) is 2.12. The largest absolute Gasteiger partial charge is 0.458 e. The molecule has 1 aliphatic heterocycles. The van der Waals surface area contributed by atoms with Gasteiger partial charge in [-0.2, -0.15) is 9.97 Å². The number of hydrogen-bond donors (Lipinski definition) is 1. The third-order valence-electron chi connectivity index (χ3n) is 3.08. The average Bonchev–Trinajstić information content (AvgIpc) is 3.16. The molecule has 3 aromatic heterocycles. The summed E-state index contributed by atoms with van der Waals surface area (Å²) in [7, 11) is 0. The van der Waals surface area contributed by atoms with Gasteiger partial charge in [-0.25, -0.2) is 4.68 Å². The molecule has 0 radical (unpaired) electrons. The van der Waals surface area contributed by atoms with E-state index in [4.69, 9.17) is 8.94 Å². The van der Waals surface area contributed by atoms with Crippen molar-refractivity contribution in [2.75, 3.05) is 11.9 Å². The monoisotopic (exact) mass is 272 g/mol. The first kappa shape index (κ1) is 11.2. The highest BCUT2D eigenvalue weighted by Gasteiger charge is 2.20. The van der Waals surface area contributed by atoms with Crippen LogP contribution in [0.3, 0.4) is 0 Å². The van der Waals surface area contributed by atoms with Crippen LogP contribution in [0.5, 0.6) is 0 Å². The van der Waals surface area contributed by atoms with Gasteiger partial charge in [0.2, 0.25) is 17.6 Å². The molecule has 20 heavy (non-hydrogen) atoms. The molecule has 4 rings (SSSR count). The van der Waals surface area contributed by atoms with E-state index in [9.17, 15) is 0 Å². The second-order valence-electron chi connectivity index (χ2n) is 4.60. The lowest BCUT2D eigenvalue weighted by atomic mass is 10.4. The number of fused-ring (bicyclic) bond motifs is 1. The Morgan fingerprint density at radius 3 is 3.00 bits per heavy atom. The Hall–Kier alpha value is -2.64. The maximum Gasteiger partial charge on any atom is 0.298 e. The number of nitrogens with one attached hydrogen (secondary N) is 1. The highest BCUT2D eigenvalue weighted by atomic mass is 16.5. The number of furan rings is 1. The molecule has 0 unspecified atom stereocenters. The van der Waals surface area contributed by atoms with Crippen molar-refractivity contribution >= 4 is 5.95 Å². The van der Waals surface area contributed by atoms with Crippen molar-refractivity contribution in [2.24, 2.45) is 0 Å². The molecule has 0 aromatic carbocycles. The van der Waals surface area contributed by atoms with Gasteiger partial charge in [0.15, 0.2) is 5.76 Å². The van der Waals surface area contributed by atoms with Crippen LogP contribution in [0, 0.1) is 6.92 Å². The van der Waals surface area contributed by atoms with E-state index < -0.39 is 0 Å². The Morgan fingerprint density at radius 2 is 2.20 bits per heavy atom. The summed E-state index contributed by atoms with van der Waals surface area (Å²) in [5, 5.41) is 11.4. The zero-order chi connectivity index (χ0) is 13.5. The van der Waals surface area contributed by atoms with Crippen molar-refractivity contribution in [2.45, 2.75) is 19.9 Å². The lowest BCUT2D eigenvalue weighted by Gasteiger charge is -2.12. The van der Waals surface area contributed by atoms with Gasteiger partial charge >= 0.3 is 0 Å². The minimum absolute atomic E-state index is 0.290. The van der Waals surface area contributed by atoms with E-state index in [0.717, 1.165) is 31.2 Å². The highest BCUT2D eigenvalue weighted by Crippen LogP contribution is 2.23. The van der Waals surface area contributed by atoms with E-state index in [-0.39, 0.29) is 5.89 Å². The predicted octanol–water partition coefficient (Wildman–Crippen LogP) is 1.71. The van der Waals surface area contributed by atoms with E-state index in [1.54, 1.807) is 10.7 Å². The van der Waals surface area contributed by atoms with Crippen molar-refractivity contribution < 1.29 is 8.94 Å². The molecule has 0 fully saturated rings. The summed E-state index contributed by atoms with van der Waals surface area (Å²) in [5.41, 5.74) is 0. The minimum Gasteiger partial charge on any atom is -0.458 e. The Balaban J connectivity index is 1.69. The van der Waals surface area contributed by atoms with Crippen molar-refractivity contribution in [3.63, 3.8) is 0 Å². The van der Waals surface area contributed by atoms with Gasteiger partial charge in [0.05, 0.1) is 0 Å². The van der Waals surface area contributed by atoms with Crippen molar-refractivity contribution in [1.29, 1.82) is 0 Å². The molecule has 0 aliphatic carbocycles. The molecular formula is C12H12N6O2. The molecule has 0 atom stereocenters. The first-order valence-corrected chi connectivity index (χ1v) is 6.39. The fraction of sp³-hybridized carbons (Fsp3) is 0.333. The SMILES string of the molecule is Cc1ccc(-c2noc(-c3nc4n(n3)CCCN4)n2)o1. The Labute approximate surface area is 113 Å². The molecule has 0 amide bonds. The maximum atomic E-state index is 5.46. The first-order chi connectivity index (χ1) is 9.79. The predicted molar refractivity (Wildman–Crippen MR) is 68.9 cm³/mol. The molecule has 0 saturated carbocycles. The van der Waals surface area contributed by atoms with Crippen LogP contribution in [-0.2, 0) is 6.54 Å². The molecule has 8 heteroatoms. The van der Waals surface area contributed by atoms with Gasteiger partial charge in [0.1, 0.15) is 5.76 Å². The first-order valence-electron chi connectivity index (χ1n) is 6.39. The standard InChI is InChI=1S/C12H12N6O2/c1-7-3-4-8(19-7)9-14-11(20-17-9)10-15-12-13-5-2-6-18(12)16-10/h3-4H,2,5-6H2,1H3,(H,13,15,16). The lowest BCUT2D eigenvalue weighted by Crippen LogP contribution is -2.17. The number of nitrogens with zero attached hydrogens (tertiary/aromatic N) is 5. The van der Waals surface area contributed by atoms with Gasteiger partial charge in [0.25, 0.3) is 5.89 Å². The zero-order valence-electron chi connectivity index (χ0n) is 10.8. The van der Waals surface area contributed by atoms with Crippen LogP contribution in [0.4, 0.5) is 5.95 Å². The second-order valence-corrected chi connectivity index (χ2v) is 4.60. The van der Waals surface area contributed by atoms with Gasteiger partial charge in [-0.3, -0.25) is 0 Å². The summed E-state index contributed by atoms with van der Waals surface area (Å²) >= 11 is 0. The van der Waals surface area contributed by atoms with Crippen LogP contribution in [0.2, 0.25) is 0 Å². The zero-order valence-corrected chi connectivity index (χ0v) is 10.8. The molecule has 8 nitrogen and oxygen atoms in total. The van der Waals surface area contributed by atoms with Gasteiger partial charge in [-0.1, -0.05) is 5.16 Å². The molecule has 0 spiro atoms. The van der Waals surface area contributed by atoms with Crippen LogP contribution < -0.4 is 5.32 Å². The summed E-state index contributed by atoms with van der Waals surface area (Å²) < 4.78 is 12.5. The summed E-state index contributed by atoms with van der Waals surface area (Å²) in [6.07, 6.45) is 1.02. The number of aromatic nitrogens is 5. The quantitative estimate of drug-likeness (QED) is 0.758. The molecule has 102 valence electrons. The summed E-state index contributed by atoms with van der Waals surface area (Å²) in [4.78, 5) is 8.62. The Kier molecular flexibility index (Phi) is 2.35. The second kappa shape index (κ2) is 4.19. The van der Waals surface area contributed by atoms with Crippen LogP contribution >= 0.6 is 0 Å². The number of hydrogen-bond acceptors (Lipinski definition) is 7. The van der Waals surface area contributed by atoms with E-state index >= 15 is 0 Å². The topological polar surface area (TPSA) is 94.8 Å². The van der Waals surface area contributed by atoms with Crippen LogP contribution in [0.25, 0.3) is 23.3 Å². The Bertz CT molecular complexity index is 732. The maximum absolute atomic E-state index is 5.46. The molecule has 1 N–H and O–H groups in total. The lowest BCUT2D eigenvalue weighted by molar-refractivity contribution is 0.425. The molecule has 1 aliphatic rings. The van der Waals surface area contributed by atoms with Gasteiger partial charge in [-0.05, 0) is 25.5 Å². The summed E-state index contributed by atoms with van der Waals surface area (Å²) in [6, 6.07) is 3.65. The summed E-state index contributed by atoms with van der Waals surface area (Å²) in [6.45, 7) is 3.60. The van der Waals surface area contributed by atoms with E-state index in [2.05, 4.69) is 25.5 Å². The molecular weight excluding hydrogens is 260 g/mol. The van der Waals surface area contributed by atoms with Crippen molar-refractivity contribution in [1.82, 2.24) is 24.9 Å². The number of aryl methyl sites for hydroxylation is 2. The average molecular weight is 272 g/mol. The number of rotatable bonds is 2. The van der Waals surface area contributed by atoms with E-state index in [1.165, 1.54) is 0 Å². The molecule has 4 heterocycles. The third kappa shape index (κ3) is 1.77. The fourth-order valence-corrected chi connectivity index (χ4v) is 2.12. The van der Waals surface area contributed by atoms with Crippen molar-refractivity contribution in [3.8, 4) is 23.3 Å². The smallest absolute Gasteiger partial charge is 0.298 e. The summed E-state index contributed by atoms with van der Waals surface area (Å²) in [5.74, 6) is 3.22. The van der Waals surface area contributed by atoms with E-state index in [1.807, 2.05) is 13.0 Å². The Morgan fingerprint density at radius 1 is 1.25 bits per heavy atom. The molecule has 3 aromatic rings. The van der Waals surface area contributed by atoms with E-state index in [0.29, 0.717) is 17.4 Å². The molecule has 0 saturated heterocycles. The van der Waals surface area contributed by atoms with Crippen LogP contribution in [0.15, 0.2) is 21.1 Å². The van der Waals surface area contributed by atoms with Crippen LogP contribution in [-0.4, -0.2) is 31.4 Å². The van der Waals surface area contributed by atoms with Gasteiger partial charge in [0, 0.05) is 13.1 Å². The normalized spacial score (nSPS) is 14.1. The highest BCUT2D eigenvalue weighted by molar-refractivity contribution is 5.51. The molecule has 0 bridgehead atoms. The minimum atomic E-state index is 0.290. The third-order valence-corrected chi connectivity index (χ3v) is 3.08. The number of anilines is 1. The van der Waals surface area contributed by atoms with Gasteiger partial charge in [-0.15, -0.1) is 5.10 Å². The van der Waals surface area contributed by atoms with Crippen LogP contribution in [0.1, 0.15) is 12.2 Å².